The van der Waals surface area contributed by atoms with Crippen LogP contribution >= 0.6 is 0 Å². The molecule has 0 spiro atoms. The Labute approximate surface area is 126 Å². The number of unbranched alkanes of at least 4 members (excludes halogenated alkanes) is 2. The van der Waals surface area contributed by atoms with E-state index in [0.29, 0.717) is 12.1 Å². The summed E-state index contributed by atoms with van der Waals surface area (Å²) < 4.78 is 0. The molecule has 0 saturated carbocycles. The minimum Gasteiger partial charge on any atom is -0.388 e. The van der Waals surface area contributed by atoms with E-state index in [2.05, 4.69) is 30.3 Å². The molecular formula is C19H21NO. The topological polar surface area (TPSA) is 33.1 Å². The quantitative estimate of drug-likeness (QED) is 0.500. The van der Waals surface area contributed by atoms with Crippen molar-refractivity contribution in [1.29, 1.82) is 0 Å². The first kappa shape index (κ1) is 15.3. The molecule has 2 heteroatoms. The standard InChI is InChI=1S/C19H21NO/c1-3-5-6-7-13-18-16(19(21)10-4-2)14-15-11-8-9-12-17(15)20-18/h4,8-9,11-12,14,19,21H,2-3,5-6,10H2,1H3. The Morgan fingerprint density at radius 2 is 2.19 bits per heavy atom. The SMILES string of the molecule is C=CCC(O)c1cc2ccccc2nc1C#CCCCC. The fourth-order valence-electron chi connectivity index (χ4n) is 2.18. The number of para-hydroxylation sites is 1. The molecule has 108 valence electrons. The second kappa shape index (κ2) is 7.61. The van der Waals surface area contributed by atoms with Gasteiger partial charge in [-0.25, -0.2) is 4.98 Å². The fourth-order valence-corrected chi connectivity index (χ4v) is 2.18. The van der Waals surface area contributed by atoms with Crippen molar-refractivity contribution < 1.29 is 5.11 Å². The molecule has 1 aromatic carbocycles. The maximum Gasteiger partial charge on any atom is 0.119 e. The van der Waals surface area contributed by atoms with Crippen LogP contribution in [-0.4, -0.2) is 10.1 Å². The summed E-state index contributed by atoms with van der Waals surface area (Å²) in [6, 6.07) is 9.89. The van der Waals surface area contributed by atoms with E-state index < -0.39 is 6.10 Å². The van der Waals surface area contributed by atoms with Gasteiger partial charge in [0.2, 0.25) is 0 Å². The molecule has 0 aliphatic carbocycles. The van der Waals surface area contributed by atoms with E-state index in [1.165, 1.54) is 0 Å². The zero-order chi connectivity index (χ0) is 15.1. The van der Waals surface area contributed by atoms with Crippen LogP contribution in [0, 0.1) is 11.8 Å². The lowest BCUT2D eigenvalue weighted by molar-refractivity contribution is 0.181. The third-order valence-electron chi connectivity index (χ3n) is 3.36. The van der Waals surface area contributed by atoms with E-state index in [0.717, 1.165) is 35.7 Å². The molecule has 1 N–H and O–H groups in total. The van der Waals surface area contributed by atoms with Crippen molar-refractivity contribution in [2.45, 2.75) is 38.7 Å². The Morgan fingerprint density at radius 1 is 1.38 bits per heavy atom. The van der Waals surface area contributed by atoms with Crippen LogP contribution < -0.4 is 0 Å². The van der Waals surface area contributed by atoms with Crippen molar-refractivity contribution in [3.05, 3.63) is 54.2 Å². The summed E-state index contributed by atoms with van der Waals surface area (Å²) in [5.74, 6) is 6.28. The van der Waals surface area contributed by atoms with Gasteiger partial charge in [0.25, 0.3) is 0 Å². The largest absolute Gasteiger partial charge is 0.388 e. The first-order valence-electron chi connectivity index (χ1n) is 7.43. The molecule has 0 radical (unpaired) electrons. The number of aliphatic hydroxyl groups excluding tert-OH is 1. The van der Waals surface area contributed by atoms with Gasteiger partial charge in [-0.3, -0.25) is 0 Å². The third-order valence-corrected chi connectivity index (χ3v) is 3.36. The zero-order valence-electron chi connectivity index (χ0n) is 12.5. The average molecular weight is 279 g/mol. The van der Waals surface area contributed by atoms with Crippen molar-refractivity contribution >= 4 is 10.9 Å². The van der Waals surface area contributed by atoms with Crippen LogP contribution in [0.25, 0.3) is 10.9 Å². The van der Waals surface area contributed by atoms with Gasteiger partial charge >= 0.3 is 0 Å². The first-order chi connectivity index (χ1) is 10.3. The van der Waals surface area contributed by atoms with Crippen molar-refractivity contribution in [2.75, 3.05) is 0 Å². The minimum absolute atomic E-state index is 0.504. The number of hydrogen-bond acceptors (Lipinski definition) is 2. The minimum atomic E-state index is -0.602. The Bertz CT molecular complexity index is 679. The summed E-state index contributed by atoms with van der Waals surface area (Å²) in [7, 11) is 0. The van der Waals surface area contributed by atoms with Gasteiger partial charge in [0.1, 0.15) is 5.69 Å². The predicted octanol–water partition coefficient (Wildman–Crippen LogP) is 4.39. The number of pyridine rings is 1. The Balaban J connectivity index is 2.44. The number of hydrogen-bond donors (Lipinski definition) is 1. The van der Waals surface area contributed by atoms with Gasteiger partial charge in [-0.05, 0) is 30.9 Å². The number of aliphatic hydroxyl groups is 1. The van der Waals surface area contributed by atoms with Gasteiger partial charge in [-0.2, -0.15) is 0 Å². The van der Waals surface area contributed by atoms with Crippen molar-refractivity contribution in [1.82, 2.24) is 4.98 Å². The molecule has 0 saturated heterocycles. The number of benzene rings is 1. The summed E-state index contributed by atoms with van der Waals surface area (Å²) in [5.41, 5.74) is 2.38. The summed E-state index contributed by atoms with van der Waals surface area (Å²) >= 11 is 0. The molecule has 1 heterocycles. The summed E-state index contributed by atoms with van der Waals surface area (Å²) in [5, 5.41) is 11.3. The third kappa shape index (κ3) is 3.93. The summed E-state index contributed by atoms with van der Waals surface area (Å²) in [4.78, 5) is 4.61. The molecule has 0 aliphatic heterocycles. The van der Waals surface area contributed by atoms with E-state index >= 15 is 0 Å². The van der Waals surface area contributed by atoms with E-state index in [1.54, 1.807) is 6.08 Å². The first-order valence-corrected chi connectivity index (χ1v) is 7.43. The van der Waals surface area contributed by atoms with E-state index in [1.807, 2.05) is 30.3 Å². The lowest BCUT2D eigenvalue weighted by atomic mass is 10.0. The highest BCUT2D eigenvalue weighted by Gasteiger charge is 2.12. The van der Waals surface area contributed by atoms with Crippen LogP contribution in [0.5, 0.6) is 0 Å². The lowest BCUT2D eigenvalue weighted by Crippen LogP contribution is -2.02. The Kier molecular flexibility index (Phi) is 5.54. The maximum absolute atomic E-state index is 10.3. The molecule has 1 aromatic heterocycles. The highest BCUT2D eigenvalue weighted by molar-refractivity contribution is 5.80. The van der Waals surface area contributed by atoms with Gasteiger partial charge in [0, 0.05) is 17.4 Å². The normalized spacial score (nSPS) is 11.7. The predicted molar refractivity (Wildman–Crippen MR) is 87.9 cm³/mol. The van der Waals surface area contributed by atoms with Crippen LogP contribution in [0.4, 0.5) is 0 Å². The van der Waals surface area contributed by atoms with Crippen LogP contribution in [-0.2, 0) is 0 Å². The summed E-state index contributed by atoms with van der Waals surface area (Å²) in [6.07, 6.45) is 4.70. The monoisotopic (exact) mass is 279 g/mol. The van der Waals surface area contributed by atoms with E-state index in [4.69, 9.17) is 0 Å². The van der Waals surface area contributed by atoms with Crippen molar-refractivity contribution in [2.24, 2.45) is 0 Å². The number of rotatable bonds is 5. The molecule has 1 unspecified atom stereocenters. The average Bonchev–Trinajstić information content (AvgIpc) is 2.51. The number of aromatic nitrogens is 1. The lowest BCUT2D eigenvalue weighted by Gasteiger charge is -2.11. The van der Waals surface area contributed by atoms with E-state index in [-0.39, 0.29) is 0 Å². The highest BCUT2D eigenvalue weighted by Crippen LogP contribution is 2.24. The van der Waals surface area contributed by atoms with Crippen LogP contribution in [0.3, 0.4) is 0 Å². The number of fused-ring (bicyclic) bond motifs is 1. The second-order valence-electron chi connectivity index (χ2n) is 5.06. The molecule has 2 aromatic rings. The Hall–Kier alpha value is -2.11. The van der Waals surface area contributed by atoms with Gasteiger partial charge in [-0.1, -0.05) is 43.5 Å². The molecule has 2 rings (SSSR count). The van der Waals surface area contributed by atoms with Gasteiger partial charge in [-0.15, -0.1) is 6.58 Å². The van der Waals surface area contributed by atoms with Crippen LogP contribution in [0.15, 0.2) is 43.0 Å². The maximum atomic E-state index is 10.3. The summed E-state index contributed by atoms with van der Waals surface area (Å²) in [6.45, 7) is 5.84. The smallest absolute Gasteiger partial charge is 0.119 e. The fraction of sp³-hybridized carbons (Fsp3) is 0.316. The zero-order valence-corrected chi connectivity index (χ0v) is 12.5. The molecule has 0 aliphatic rings. The second-order valence-corrected chi connectivity index (χ2v) is 5.06. The van der Waals surface area contributed by atoms with Gasteiger partial charge in [0.15, 0.2) is 0 Å². The Morgan fingerprint density at radius 3 is 2.95 bits per heavy atom. The molecule has 0 bridgehead atoms. The van der Waals surface area contributed by atoms with E-state index in [9.17, 15) is 5.11 Å². The molecule has 0 fully saturated rings. The molecule has 0 amide bonds. The highest BCUT2D eigenvalue weighted by atomic mass is 16.3. The molecule has 1 atom stereocenters. The van der Waals surface area contributed by atoms with Crippen molar-refractivity contribution in [3.8, 4) is 11.8 Å². The van der Waals surface area contributed by atoms with Crippen LogP contribution in [0.1, 0.15) is 50.0 Å². The van der Waals surface area contributed by atoms with Gasteiger partial charge in [0.05, 0.1) is 11.6 Å². The molecule has 21 heavy (non-hydrogen) atoms. The number of nitrogens with zero attached hydrogens (tertiary/aromatic N) is 1. The molecular weight excluding hydrogens is 258 g/mol. The van der Waals surface area contributed by atoms with Gasteiger partial charge < -0.3 is 5.11 Å². The van der Waals surface area contributed by atoms with Crippen LogP contribution in [0.2, 0.25) is 0 Å². The molecule has 2 nitrogen and oxygen atoms in total. The van der Waals surface area contributed by atoms with Crippen molar-refractivity contribution in [3.63, 3.8) is 0 Å².